The van der Waals surface area contributed by atoms with E-state index in [1.54, 1.807) is 6.07 Å². The van der Waals surface area contributed by atoms with Gasteiger partial charge in [0.25, 0.3) is 5.56 Å². The summed E-state index contributed by atoms with van der Waals surface area (Å²) in [4.78, 5) is 35.8. The second kappa shape index (κ2) is 6.04. The van der Waals surface area contributed by atoms with E-state index in [1.807, 2.05) is 4.98 Å². The van der Waals surface area contributed by atoms with Crippen LogP contribution in [0.5, 0.6) is 0 Å². The Hall–Kier alpha value is -2.22. The first-order valence-corrected chi connectivity index (χ1v) is 6.57. The molecule has 1 heterocycles. The molecular weight excluding hydrogens is 347 g/mol. The predicted octanol–water partition coefficient (Wildman–Crippen LogP) is 1.27. The van der Waals surface area contributed by atoms with E-state index in [0.717, 1.165) is 10.8 Å². The number of aromatic nitrogens is 2. The van der Waals surface area contributed by atoms with Crippen LogP contribution in [-0.4, -0.2) is 22.6 Å². The lowest BCUT2D eigenvalue weighted by Gasteiger charge is -2.08. The Labute approximate surface area is 126 Å². The molecule has 1 N–H and O–H groups in total. The van der Waals surface area contributed by atoms with Gasteiger partial charge in [-0.05, 0) is 17.7 Å². The summed E-state index contributed by atoms with van der Waals surface area (Å²) in [6.07, 6.45) is 0.835. The van der Waals surface area contributed by atoms with Crippen LogP contribution in [-0.2, 0) is 11.3 Å². The minimum absolute atomic E-state index is 0.0363. The van der Waals surface area contributed by atoms with Gasteiger partial charge in [-0.3, -0.25) is 14.3 Å². The molecule has 0 aliphatic carbocycles. The average Bonchev–Trinajstić information content (AvgIpc) is 2.45. The fraction of sp³-hybridized carbons (Fsp3) is 0.154. The number of hydrogen-bond acceptors (Lipinski definition) is 4. The molecule has 6 nitrogen and oxygen atoms in total. The highest BCUT2D eigenvalue weighted by atomic mass is 79.9. The summed E-state index contributed by atoms with van der Waals surface area (Å²) in [6, 6.07) is 4.67. The maximum absolute atomic E-state index is 13.2. The summed E-state index contributed by atoms with van der Waals surface area (Å²) in [6.45, 7) is 0.0363. The molecule has 2 aromatic rings. The Bertz CT molecular complexity index is 813. The van der Waals surface area contributed by atoms with Crippen LogP contribution in [0.25, 0.3) is 0 Å². The quantitative estimate of drug-likeness (QED) is 0.839. The van der Waals surface area contributed by atoms with E-state index in [4.69, 9.17) is 0 Å². The van der Waals surface area contributed by atoms with Gasteiger partial charge in [-0.15, -0.1) is 0 Å². The van der Waals surface area contributed by atoms with Crippen LogP contribution in [0.15, 0.2) is 38.5 Å². The topological polar surface area (TPSA) is 81.2 Å². The van der Waals surface area contributed by atoms with Crippen molar-refractivity contribution < 1.29 is 13.9 Å². The highest BCUT2D eigenvalue weighted by Crippen LogP contribution is 2.19. The second-order valence-electron chi connectivity index (χ2n) is 4.16. The van der Waals surface area contributed by atoms with Gasteiger partial charge in [0.1, 0.15) is 0 Å². The maximum Gasteiger partial charge on any atom is 0.337 e. The van der Waals surface area contributed by atoms with Gasteiger partial charge < -0.3 is 4.74 Å². The van der Waals surface area contributed by atoms with Gasteiger partial charge in [-0.1, -0.05) is 22.0 Å². The molecule has 21 heavy (non-hydrogen) atoms. The monoisotopic (exact) mass is 356 g/mol. The molecule has 110 valence electrons. The lowest BCUT2D eigenvalue weighted by atomic mass is 10.1. The minimum Gasteiger partial charge on any atom is -0.465 e. The summed E-state index contributed by atoms with van der Waals surface area (Å²) in [5.41, 5.74) is -0.800. The molecule has 0 saturated heterocycles. The average molecular weight is 357 g/mol. The molecule has 0 saturated carbocycles. The van der Waals surface area contributed by atoms with E-state index in [-0.39, 0.29) is 6.54 Å². The van der Waals surface area contributed by atoms with Gasteiger partial charge in [0.15, 0.2) is 0 Å². The molecule has 0 bridgehead atoms. The van der Waals surface area contributed by atoms with Gasteiger partial charge in [-0.25, -0.2) is 9.59 Å². The molecule has 0 radical (unpaired) electrons. The van der Waals surface area contributed by atoms with Gasteiger partial charge in [0.05, 0.1) is 25.4 Å². The van der Waals surface area contributed by atoms with Crippen molar-refractivity contribution in [2.45, 2.75) is 6.54 Å². The van der Waals surface area contributed by atoms with Gasteiger partial charge in [-0.2, -0.15) is 4.39 Å². The van der Waals surface area contributed by atoms with Crippen LogP contribution in [0.3, 0.4) is 0 Å². The second-order valence-corrected chi connectivity index (χ2v) is 5.02. The van der Waals surface area contributed by atoms with E-state index in [1.165, 1.54) is 19.2 Å². The molecule has 0 aliphatic rings. The van der Waals surface area contributed by atoms with Crippen molar-refractivity contribution in [1.29, 1.82) is 0 Å². The van der Waals surface area contributed by atoms with E-state index in [9.17, 15) is 18.8 Å². The Morgan fingerprint density at radius 1 is 1.43 bits per heavy atom. The van der Waals surface area contributed by atoms with Gasteiger partial charge in [0, 0.05) is 4.47 Å². The fourth-order valence-electron chi connectivity index (χ4n) is 1.70. The number of aromatic amines is 1. The highest BCUT2D eigenvalue weighted by Gasteiger charge is 2.10. The number of esters is 1. The van der Waals surface area contributed by atoms with E-state index in [0.29, 0.717) is 15.6 Å². The van der Waals surface area contributed by atoms with Gasteiger partial charge in [0.2, 0.25) is 5.82 Å². The standard InChI is InChI=1S/C13H10BrFN2O4/c1-21-12(19)7-2-3-8(9(14)4-7)5-17-6-10(15)11(18)16-13(17)20/h2-4,6H,5H2,1H3,(H,16,18,20). The third kappa shape index (κ3) is 3.27. The predicted molar refractivity (Wildman–Crippen MR) is 75.9 cm³/mol. The molecule has 2 rings (SSSR count). The zero-order valence-electron chi connectivity index (χ0n) is 10.9. The molecule has 0 amide bonds. The first-order valence-electron chi connectivity index (χ1n) is 5.78. The number of ether oxygens (including phenoxy) is 1. The van der Waals surface area contributed by atoms with Crippen LogP contribution in [0.4, 0.5) is 4.39 Å². The summed E-state index contributed by atoms with van der Waals surface area (Å²) >= 11 is 3.27. The zero-order chi connectivity index (χ0) is 15.6. The van der Waals surface area contributed by atoms with Crippen LogP contribution in [0, 0.1) is 5.82 Å². The third-order valence-corrected chi connectivity index (χ3v) is 3.52. The van der Waals surface area contributed by atoms with Crippen molar-refractivity contribution in [3.8, 4) is 0 Å². The fourth-order valence-corrected chi connectivity index (χ4v) is 2.21. The van der Waals surface area contributed by atoms with Crippen molar-refractivity contribution in [2.75, 3.05) is 7.11 Å². The Kier molecular flexibility index (Phi) is 4.37. The summed E-state index contributed by atoms with van der Waals surface area (Å²) < 4.78 is 19.4. The van der Waals surface area contributed by atoms with Crippen molar-refractivity contribution in [2.24, 2.45) is 0 Å². The summed E-state index contributed by atoms with van der Waals surface area (Å²) in [5.74, 6) is -1.54. The smallest absolute Gasteiger partial charge is 0.337 e. The molecule has 8 heteroatoms. The lowest BCUT2D eigenvalue weighted by molar-refractivity contribution is 0.0600. The molecule has 0 atom stereocenters. The Morgan fingerprint density at radius 3 is 2.76 bits per heavy atom. The number of H-pyrrole nitrogens is 1. The highest BCUT2D eigenvalue weighted by molar-refractivity contribution is 9.10. The molecule has 0 fully saturated rings. The van der Waals surface area contributed by atoms with Crippen LogP contribution < -0.4 is 11.2 Å². The number of nitrogens with zero attached hydrogens (tertiary/aromatic N) is 1. The normalized spacial score (nSPS) is 10.4. The van der Waals surface area contributed by atoms with E-state index < -0.39 is 23.0 Å². The lowest BCUT2D eigenvalue weighted by Crippen LogP contribution is -2.31. The molecule has 0 aliphatic heterocycles. The third-order valence-electron chi connectivity index (χ3n) is 2.78. The molecule has 1 aromatic carbocycles. The molecule has 0 spiro atoms. The SMILES string of the molecule is COC(=O)c1ccc(Cn2cc(F)c(=O)[nH]c2=O)c(Br)c1. The van der Waals surface area contributed by atoms with E-state index >= 15 is 0 Å². The van der Waals surface area contributed by atoms with Crippen molar-refractivity contribution in [1.82, 2.24) is 9.55 Å². The maximum atomic E-state index is 13.2. The number of nitrogens with one attached hydrogen (secondary N) is 1. The Balaban J connectivity index is 2.37. The number of halogens is 2. The molecule has 1 aromatic heterocycles. The van der Waals surface area contributed by atoms with Crippen LogP contribution in [0.2, 0.25) is 0 Å². The van der Waals surface area contributed by atoms with Crippen molar-refractivity contribution in [3.05, 3.63) is 66.7 Å². The van der Waals surface area contributed by atoms with Crippen LogP contribution >= 0.6 is 15.9 Å². The van der Waals surface area contributed by atoms with E-state index in [2.05, 4.69) is 20.7 Å². The number of rotatable bonds is 3. The minimum atomic E-state index is -1.06. The number of carbonyl (C=O) groups excluding carboxylic acids is 1. The van der Waals surface area contributed by atoms with Crippen molar-refractivity contribution in [3.63, 3.8) is 0 Å². The molecule has 0 unspecified atom stereocenters. The first-order chi connectivity index (χ1) is 9.92. The first kappa shape index (κ1) is 15.2. The number of hydrogen-bond donors (Lipinski definition) is 1. The summed E-state index contributed by atoms with van der Waals surface area (Å²) in [7, 11) is 1.27. The van der Waals surface area contributed by atoms with Gasteiger partial charge >= 0.3 is 11.7 Å². The number of carbonyl (C=O) groups is 1. The van der Waals surface area contributed by atoms with Crippen LogP contribution in [0.1, 0.15) is 15.9 Å². The number of methoxy groups -OCH3 is 1. The zero-order valence-corrected chi connectivity index (χ0v) is 12.4. The Morgan fingerprint density at radius 2 is 2.14 bits per heavy atom. The largest absolute Gasteiger partial charge is 0.465 e. The summed E-state index contributed by atoms with van der Waals surface area (Å²) in [5, 5.41) is 0. The van der Waals surface area contributed by atoms with Crippen molar-refractivity contribution >= 4 is 21.9 Å². The number of benzene rings is 1. The molecular formula is C13H10BrFN2O4.